The molecule has 0 aliphatic rings. The molecule has 0 bridgehead atoms. The molecule has 120 valence electrons. The first-order valence-corrected chi connectivity index (χ1v) is 8.45. The lowest BCUT2D eigenvalue weighted by atomic mass is 10.1. The van der Waals surface area contributed by atoms with Crippen LogP contribution in [0.3, 0.4) is 0 Å². The number of carbonyl (C=O) groups excluding carboxylic acids is 1. The minimum absolute atomic E-state index is 0.319. The highest BCUT2D eigenvalue weighted by Gasteiger charge is 2.18. The van der Waals surface area contributed by atoms with Crippen molar-refractivity contribution < 1.29 is 9.53 Å². The van der Waals surface area contributed by atoms with Crippen molar-refractivity contribution in [1.29, 1.82) is 0 Å². The Bertz CT molecular complexity index is 668. The summed E-state index contributed by atoms with van der Waals surface area (Å²) in [6, 6.07) is 14.5. The Hall–Kier alpha value is -1.65. The van der Waals surface area contributed by atoms with Crippen LogP contribution in [-0.4, -0.2) is 24.8 Å². The number of carbonyl (C=O) groups is 1. The van der Waals surface area contributed by atoms with E-state index in [-0.39, 0.29) is 5.97 Å². The van der Waals surface area contributed by atoms with Crippen molar-refractivity contribution in [2.45, 2.75) is 19.4 Å². The molecule has 0 aliphatic heterocycles. The summed E-state index contributed by atoms with van der Waals surface area (Å²) in [5.41, 5.74) is 1.92. The van der Waals surface area contributed by atoms with Crippen molar-refractivity contribution in [2.75, 3.05) is 6.61 Å². The zero-order chi connectivity index (χ0) is 16.7. The second kappa shape index (κ2) is 8.85. The van der Waals surface area contributed by atoms with Crippen LogP contribution in [0, 0.1) is 0 Å². The molecule has 5 heteroatoms. The van der Waals surface area contributed by atoms with Crippen LogP contribution in [0.4, 0.5) is 0 Å². The number of rotatable bonds is 6. The van der Waals surface area contributed by atoms with Crippen LogP contribution in [-0.2, 0) is 16.0 Å². The van der Waals surface area contributed by atoms with E-state index in [0.29, 0.717) is 18.1 Å². The lowest BCUT2D eigenvalue weighted by molar-refractivity contribution is -0.144. The summed E-state index contributed by atoms with van der Waals surface area (Å²) in [7, 11) is 0. The van der Waals surface area contributed by atoms with Crippen molar-refractivity contribution in [3.05, 3.63) is 69.2 Å². The minimum atomic E-state index is -0.563. The van der Waals surface area contributed by atoms with Gasteiger partial charge < -0.3 is 4.74 Å². The highest BCUT2D eigenvalue weighted by Crippen LogP contribution is 2.14. The van der Waals surface area contributed by atoms with E-state index in [1.165, 1.54) is 0 Å². The van der Waals surface area contributed by atoms with Crippen molar-refractivity contribution in [2.24, 2.45) is 4.99 Å². The zero-order valence-corrected chi connectivity index (χ0v) is 15.0. The van der Waals surface area contributed by atoms with Crippen LogP contribution in [0.5, 0.6) is 0 Å². The topological polar surface area (TPSA) is 38.7 Å². The molecule has 2 aromatic rings. The van der Waals surface area contributed by atoms with E-state index in [9.17, 15) is 4.79 Å². The van der Waals surface area contributed by atoms with Crippen molar-refractivity contribution in [3.8, 4) is 0 Å². The van der Waals surface area contributed by atoms with E-state index in [2.05, 4.69) is 20.9 Å². The summed E-state index contributed by atoms with van der Waals surface area (Å²) >= 11 is 9.26. The summed E-state index contributed by atoms with van der Waals surface area (Å²) in [5, 5.41) is 0.666. The number of ether oxygens (including phenoxy) is 1. The fraction of sp³-hybridized carbons (Fsp3) is 0.222. The van der Waals surface area contributed by atoms with Gasteiger partial charge in [0.1, 0.15) is 0 Å². The predicted octanol–water partition coefficient (Wildman–Crippen LogP) is 4.70. The van der Waals surface area contributed by atoms with Crippen LogP contribution >= 0.6 is 27.5 Å². The number of esters is 1. The van der Waals surface area contributed by atoms with Gasteiger partial charge in [0.15, 0.2) is 6.04 Å². The standard InChI is InChI=1S/C18H17BrClNO2/c1-2-23-18(22)17(11-13-3-7-15(19)8-4-13)21-12-14-5-9-16(20)10-6-14/h3-10,12,17H,2,11H2,1H3. The van der Waals surface area contributed by atoms with Crippen molar-refractivity contribution in [3.63, 3.8) is 0 Å². The number of nitrogens with zero attached hydrogens (tertiary/aromatic N) is 1. The van der Waals surface area contributed by atoms with E-state index in [1.807, 2.05) is 36.4 Å². The predicted molar refractivity (Wildman–Crippen MR) is 97.3 cm³/mol. The fourth-order valence-electron chi connectivity index (χ4n) is 2.00. The Labute approximate surface area is 149 Å². The molecule has 1 unspecified atom stereocenters. The molecular formula is C18H17BrClNO2. The normalized spacial score (nSPS) is 12.3. The molecular weight excluding hydrogens is 378 g/mol. The molecule has 0 heterocycles. The third-order valence-corrected chi connectivity index (χ3v) is 3.96. The molecule has 0 radical (unpaired) electrons. The minimum Gasteiger partial charge on any atom is -0.464 e. The van der Waals surface area contributed by atoms with Crippen LogP contribution in [0.1, 0.15) is 18.1 Å². The van der Waals surface area contributed by atoms with Crippen LogP contribution in [0.25, 0.3) is 0 Å². The first-order chi connectivity index (χ1) is 11.1. The second-order valence-electron chi connectivity index (χ2n) is 4.93. The van der Waals surface area contributed by atoms with E-state index >= 15 is 0 Å². The Balaban J connectivity index is 2.14. The maximum Gasteiger partial charge on any atom is 0.331 e. The molecule has 3 nitrogen and oxygen atoms in total. The average Bonchev–Trinajstić information content (AvgIpc) is 2.55. The lowest BCUT2D eigenvalue weighted by Crippen LogP contribution is -2.24. The molecule has 2 aromatic carbocycles. The molecule has 0 fully saturated rings. The van der Waals surface area contributed by atoms with E-state index in [4.69, 9.17) is 16.3 Å². The van der Waals surface area contributed by atoms with Gasteiger partial charge in [0, 0.05) is 22.1 Å². The van der Waals surface area contributed by atoms with Gasteiger partial charge in [-0.1, -0.05) is 51.8 Å². The molecule has 2 rings (SSSR count). The second-order valence-corrected chi connectivity index (χ2v) is 6.28. The molecule has 23 heavy (non-hydrogen) atoms. The number of benzene rings is 2. The maximum absolute atomic E-state index is 12.1. The zero-order valence-electron chi connectivity index (χ0n) is 12.7. The Morgan fingerprint density at radius 1 is 1.22 bits per heavy atom. The van der Waals surface area contributed by atoms with Gasteiger partial charge in [0.05, 0.1) is 6.61 Å². The largest absolute Gasteiger partial charge is 0.464 e. The van der Waals surface area contributed by atoms with Crippen LogP contribution < -0.4 is 0 Å². The molecule has 0 amide bonds. The molecule has 0 spiro atoms. The third-order valence-electron chi connectivity index (χ3n) is 3.17. The van der Waals surface area contributed by atoms with Gasteiger partial charge in [-0.05, 0) is 42.3 Å². The van der Waals surface area contributed by atoms with Gasteiger partial charge >= 0.3 is 5.97 Å². The van der Waals surface area contributed by atoms with Crippen LogP contribution in [0.15, 0.2) is 58.0 Å². The molecule has 0 aliphatic carbocycles. The van der Waals surface area contributed by atoms with E-state index in [1.54, 1.807) is 25.3 Å². The summed E-state index contributed by atoms with van der Waals surface area (Å²) in [4.78, 5) is 16.5. The van der Waals surface area contributed by atoms with Crippen molar-refractivity contribution in [1.82, 2.24) is 0 Å². The molecule has 0 saturated heterocycles. The Morgan fingerprint density at radius 2 is 1.87 bits per heavy atom. The summed E-state index contributed by atoms with van der Waals surface area (Å²) < 4.78 is 6.12. The summed E-state index contributed by atoms with van der Waals surface area (Å²) in [5.74, 6) is -0.319. The van der Waals surface area contributed by atoms with Gasteiger partial charge in [-0.25, -0.2) is 4.79 Å². The lowest BCUT2D eigenvalue weighted by Gasteiger charge is -2.11. The van der Waals surface area contributed by atoms with E-state index < -0.39 is 6.04 Å². The van der Waals surface area contributed by atoms with Gasteiger partial charge in [-0.3, -0.25) is 4.99 Å². The van der Waals surface area contributed by atoms with Crippen molar-refractivity contribution >= 4 is 39.7 Å². The number of hydrogen-bond donors (Lipinski definition) is 0. The number of halogens is 2. The van der Waals surface area contributed by atoms with E-state index in [0.717, 1.165) is 15.6 Å². The Kier molecular flexibility index (Phi) is 6.81. The quantitative estimate of drug-likeness (QED) is 0.526. The van der Waals surface area contributed by atoms with Gasteiger partial charge in [-0.2, -0.15) is 0 Å². The maximum atomic E-state index is 12.1. The highest BCUT2D eigenvalue weighted by molar-refractivity contribution is 9.10. The summed E-state index contributed by atoms with van der Waals surface area (Å²) in [6.07, 6.45) is 2.17. The molecule has 1 atom stereocenters. The first-order valence-electron chi connectivity index (χ1n) is 7.28. The SMILES string of the molecule is CCOC(=O)C(Cc1ccc(Br)cc1)N=Cc1ccc(Cl)cc1. The first kappa shape index (κ1) is 17.7. The summed E-state index contributed by atoms with van der Waals surface area (Å²) in [6.45, 7) is 2.13. The van der Waals surface area contributed by atoms with Gasteiger partial charge in [-0.15, -0.1) is 0 Å². The fourth-order valence-corrected chi connectivity index (χ4v) is 2.39. The third kappa shape index (κ3) is 5.81. The highest BCUT2D eigenvalue weighted by atomic mass is 79.9. The smallest absolute Gasteiger partial charge is 0.331 e. The van der Waals surface area contributed by atoms with Crippen LogP contribution in [0.2, 0.25) is 5.02 Å². The molecule has 0 N–H and O–H groups in total. The van der Waals surface area contributed by atoms with Gasteiger partial charge in [0.25, 0.3) is 0 Å². The van der Waals surface area contributed by atoms with Gasteiger partial charge in [0.2, 0.25) is 0 Å². The average molecular weight is 395 g/mol. The molecule has 0 saturated carbocycles. The Morgan fingerprint density at radius 3 is 2.48 bits per heavy atom. The number of hydrogen-bond acceptors (Lipinski definition) is 3. The number of aliphatic imine (C=N–C) groups is 1. The monoisotopic (exact) mass is 393 g/mol. The molecule has 0 aromatic heterocycles.